The lowest BCUT2D eigenvalue weighted by Crippen LogP contribution is -2.26. The quantitative estimate of drug-likeness (QED) is 0.782. The molecule has 0 radical (unpaired) electrons. The molecule has 138 valence electrons. The van der Waals surface area contributed by atoms with Crippen LogP contribution in [0.15, 0.2) is 41.3 Å². The van der Waals surface area contributed by atoms with Gasteiger partial charge in [0.1, 0.15) is 11.6 Å². The lowest BCUT2D eigenvalue weighted by Gasteiger charge is -2.13. The number of benzene rings is 2. The average molecular weight is 399 g/mol. The molecule has 2 N–H and O–H groups in total. The van der Waals surface area contributed by atoms with E-state index >= 15 is 0 Å². The minimum atomic E-state index is -3.71. The van der Waals surface area contributed by atoms with Gasteiger partial charge < -0.3 is 10.1 Å². The van der Waals surface area contributed by atoms with Gasteiger partial charge in [-0.05, 0) is 49.2 Å². The number of carbonyl (C=O) groups is 1. The summed E-state index contributed by atoms with van der Waals surface area (Å²) in [7, 11) is -2.34. The molecule has 1 saturated carbocycles. The molecule has 1 aliphatic carbocycles. The number of ether oxygens (including phenoxy) is 1. The molecule has 9 heteroatoms. The number of hydrogen-bond donors (Lipinski definition) is 2. The molecule has 0 bridgehead atoms. The summed E-state index contributed by atoms with van der Waals surface area (Å²) < 4.78 is 46.3. The van der Waals surface area contributed by atoms with Gasteiger partial charge >= 0.3 is 0 Å². The predicted molar refractivity (Wildman–Crippen MR) is 95.7 cm³/mol. The van der Waals surface area contributed by atoms with Gasteiger partial charge in [0.25, 0.3) is 5.91 Å². The van der Waals surface area contributed by atoms with Crippen LogP contribution >= 0.6 is 11.6 Å². The van der Waals surface area contributed by atoms with Gasteiger partial charge in [0.2, 0.25) is 10.0 Å². The number of hydrogen-bond acceptors (Lipinski definition) is 4. The molecule has 0 unspecified atom stereocenters. The van der Waals surface area contributed by atoms with Crippen LogP contribution in [0.4, 0.5) is 10.1 Å². The maximum atomic E-state index is 13.9. The van der Waals surface area contributed by atoms with Gasteiger partial charge in [0.15, 0.2) is 0 Å². The first-order valence-electron chi connectivity index (χ1n) is 7.77. The Hall–Kier alpha value is -2.16. The average Bonchev–Trinajstić information content (AvgIpc) is 3.40. The Morgan fingerprint density at radius 3 is 2.62 bits per heavy atom. The standard InChI is InChI=1S/C17H16ClFN2O4S/c1-25-16-7-5-12(26(23,24)21-11-3-4-11)9-15(16)20-17(22)13-8-10(18)2-6-14(13)19/h2,5-9,11,21H,3-4H2,1H3,(H,20,22). The molecule has 1 fully saturated rings. The van der Waals surface area contributed by atoms with Crippen LogP contribution in [0.5, 0.6) is 5.75 Å². The van der Waals surface area contributed by atoms with Crippen LogP contribution in [0, 0.1) is 5.82 Å². The highest BCUT2D eigenvalue weighted by Gasteiger charge is 2.28. The summed E-state index contributed by atoms with van der Waals surface area (Å²) in [6.07, 6.45) is 1.60. The Kier molecular flexibility index (Phi) is 5.17. The number of halogens is 2. The number of anilines is 1. The molecule has 26 heavy (non-hydrogen) atoms. The van der Waals surface area contributed by atoms with E-state index in [1.165, 1.54) is 37.4 Å². The number of rotatable bonds is 6. The van der Waals surface area contributed by atoms with Gasteiger partial charge in [-0.1, -0.05) is 11.6 Å². The summed E-state index contributed by atoms with van der Waals surface area (Å²) >= 11 is 5.80. The highest BCUT2D eigenvalue weighted by Crippen LogP contribution is 2.30. The topological polar surface area (TPSA) is 84.5 Å². The Morgan fingerprint density at radius 1 is 1.23 bits per heavy atom. The van der Waals surface area contributed by atoms with Crippen LogP contribution in [0.3, 0.4) is 0 Å². The second kappa shape index (κ2) is 7.22. The zero-order valence-corrected chi connectivity index (χ0v) is 15.3. The third-order valence-corrected chi connectivity index (χ3v) is 5.55. The molecule has 0 aromatic heterocycles. The van der Waals surface area contributed by atoms with Crippen molar-refractivity contribution >= 4 is 33.2 Å². The van der Waals surface area contributed by atoms with Crippen molar-refractivity contribution in [2.75, 3.05) is 12.4 Å². The normalized spacial score (nSPS) is 14.1. The fourth-order valence-corrected chi connectivity index (χ4v) is 3.80. The van der Waals surface area contributed by atoms with Gasteiger partial charge in [0.05, 0.1) is 23.3 Å². The first kappa shape index (κ1) is 18.6. The van der Waals surface area contributed by atoms with Crippen molar-refractivity contribution < 1.29 is 22.3 Å². The molecule has 0 spiro atoms. The maximum absolute atomic E-state index is 13.9. The van der Waals surface area contributed by atoms with E-state index in [0.717, 1.165) is 18.9 Å². The zero-order chi connectivity index (χ0) is 18.9. The Labute approximate surface area is 155 Å². The molecule has 0 atom stereocenters. The second-order valence-corrected chi connectivity index (χ2v) is 7.99. The van der Waals surface area contributed by atoms with Crippen molar-refractivity contribution in [1.29, 1.82) is 0 Å². The fraction of sp³-hybridized carbons (Fsp3) is 0.235. The lowest BCUT2D eigenvalue weighted by molar-refractivity contribution is 0.102. The van der Waals surface area contributed by atoms with Crippen LogP contribution in [0.1, 0.15) is 23.2 Å². The minimum absolute atomic E-state index is 0.0212. The molecule has 0 heterocycles. The molecule has 1 aliphatic rings. The third-order valence-electron chi connectivity index (χ3n) is 3.80. The van der Waals surface area contributed by atoms with Crippen LogP contribution in [-0.4, -0.2) is 27.5 Å². The Morgan fingerprint density at radius 2 is 1.96 bits per heavy atom. The number of sulfonamides is 1. The zero-order valence-electron chi connectivity index (χ0n) is 13.8. The van der Waals surface area contributed by atoms with Gasteiger partial charge in [0, 0.05) is 11.1 Å². The van der Waals surface area contributed by atoms with Crippen molar-refractivity contribution in [2.24, 2.45) is 0 Å². The summed E-state index contributed by atoms with van der Waals surface area (Å²) in [5.41, 5.74) is -0.153. The summed E-state index contributed by atoms with van der Waals surface area (Å²) in [5.74, 6) is -1.27. The van der Waals surface area contributed by atoms with E-state index in [4.69, 9.17) is 16.3 Å². The largest absolute Gasteiger partial charge is 0.495 e. The highest BCUT2D eigenvalue weighted by molar-refractivity contribution is 7.89. The fourth-order valence-electron chi connectivity index (χ4n) is 2.30. The van der Waals surface area contributed by atoms with Crippen molar-refractivity contribution in [1.82, 2.24) is 4.72 Å². The molecule has 3 rings (SSSR count). The van der Waals surface area contributed by atoms with Crippen LogP contribution < -0.4 is 14.8 Å². The third kappa shape index (κ3) is 4.14. The van der Waals surface area contributed by atoms with E-state index in [1.54, 1.807) is 0 Å². The number of carbonyl (C=O) groups excluding carboxylic acids is 1. The smallest absolute Gasteiger partial charge is 0.258 e. The number of methoxy groups -OCH3 is 1. The van der Waals surface area contributed by atoms with Crippen molar-refractivity contribution in [3.8, 4) is 5.75 Å². The van der Waals surface area contributed by atoms with Gasteiger partial charge in [-0.15, -0.1) is 0 Å². The summed E-state index contributed by atoms with van der Waals surface area (Å²) in [4.78, 5) is 12.4. The van der Waals surface area contributed by atoms with Crippen molar-refractivity contribution in [2.45, 2.75) is 23.8 Å². The van der Waals surface area contributed by atoms with Crippen LogP contribution in [0.2, 0.25) is 5.02 Å². The van der Waals surface area contributed by atoms with E-state index in [-0.39, 0.29) is 33.0 Å². The highest BCUT2D eigenvalue weighted by atomic mass is 35.5. The summed E-state index contributed by atoms with van der Waals surface area (Å²) in [6, 6.07) is 7.60. The molecule has 6 nitrogen and oxygen atoms in total. The summed E-state index contributed by atoms with van der Waals surface area (Å²) in [6.45, 7) is 0. The van der Waals surface area contributed by atoms with E-state index in [0.29, 0.717) is 0 Å². The monoisotopic (exact) mass is 398 g/mol. The molecular formula is C17H16ClFN2O4S. The van der Waals surface area contributed by atoms with Crippen molar-refractivity contribution in [3.63, 3.8) is 0 Å². The summed E-state index contributed by atoms with van der Waals surface area (Å²) in [5, 5.41) is 2.67. The van der Waals surface area contributed by atoms with E-state index in [2.05, 4.69) is 10.0 Å². The molecule has 1 amide bonds. The minimum Gasteiger partial charge on any atom is -0.495 e. The molecule has 2 aromatic carbocycles. The molecule has 0 saturated heterocycles. The maximum Gasteiger partial charge on any atom is 0.258 e. The molecular weight excluding hydrogens is 383 g/mol. The molecule has 2 aromatic rings. The Balaban J connectivity index is 1.91. The number of amides is 1. The van der Waals surface area contributed by atoms with Crippen LogP contribution in [0.25, 0.3) is 0 Å². The van der Waals surface area contributed by atoms with Gasteiger partial charge in [-0.3, -0.25) is 4.79 Å². The van der Waals surface area contributed by atoms with Gasteiger partial charge in [-0.25, -0.2) is 17.5 Å². The van der Waals surface area contributed by atoms with E-state index < -0.39 is 21.7 Å². The van der Waals surface area contributed by atoms with Crippen LogP contribution in [-0.2, 0) is 10.0 Å². The SMILES string of the molecule is COc1ccc(S(=O)(=O)NC2CC2)cc1NC(=O)c1cc(Cl)ccc1F. The molecule has 0 aliphatic heterocycles. The predicted octanol–water partition coefficient (Wildman–Crippen LogP) is 3.18. The van der Waals surface area contributed by atoms with E-state index in [9.17, 15) is 17.6 Å². The van der Waals surface area contributed by atoms with Crippen molar-refractivity contribution in [3.05, 3.63) is 52.8 Å². The lowest BCUT2D eigenvalue weighted by atomic mass is 10.2. The Bertz CT molecular complexity index is 961. The van der Waals surface area contributed by atoms with E-state index in [1.807, 2.05) is 0 Å². The van der Waals surface area contributed by atoms with Gasteiger partial charge in [-0.2, -0.15) is 0 Å². The second-order valence-electron chi connectivity index (χ2n) is 5.84. The first-order valence-corrected chi connectivity index (χ1v) is 9.63. The number of nitrogens with one attached hydrogen (secondary N) is 2. The first-order chi connectivity index (χ1) is 12.3.